The third-order valence-electron chi connectivity index (χ3n) is 3.42. The summed E-state index contributed by atoms with van der Waals surface area (Å²) in [7, 11) is 0. The van der Waals surface area contributed by atoms with Gasteiger partial charge in [0.1, 0.15) is 6.20 Å². The quantitative estimate of drug-likeness (QED) is 0.568. The molecular formula is C17H13N3O3. The minimum Gasteiger partial charge on any atom is -0.449 e. The van der Waals surface area contributed by atoms with E-state index in [2.05, 4.69) is 5.10 Å². The zero-order valence-electron chi connectivity index (χ0n) is 12.3. The molecule has 6 nitrogen and oxygen atoms in total. The van der Waals surface area contributed by atoms with Crippen molar-refractivity contribution in [2.45, 2.75) is 6.92 Å². The van der Waals surface area contributed by atoms with E-state index in [0.29, 0.717) is 17.3 Å². The highest BCUT2D eigenvalue weighted by molar-refractivity contribution is 5.83. The molecule has 3 aromatic rings. The molecule has 0 spiro atoms. The van der Waals surface area contributed by atoms with E-state index >= 15 is 0 Å². The molecule has 2 aromatic carbocycles. The Morgan fingerprint density at radius 2 is 1.78 bits per heavy atom. The molecule has 1 aromatic heterocycles. The Bertz CT molecular complexity index is 874. The molecule has 0 amide bonds. The average molecular weight is 307 g/mol. The predicted octanol–water partition coefficient (Wildman–Crippen LogP) is 3.43. The number of hydrogen-bond donors (Lipinski definition) is 0. The fourth-order valence-electron chi connectivity index (χ4n) is 2.53. The van der Waals surface area contributed by atoms with Gasteiger partial charge in [-0.25, -0.2) is 4.79 Å². The maximum atomic E-state index is 11.2. The lowest BCUT2D eigenvalue weighted by Gasteiger charge is -2.29. The van der Waals surface area contributed by atoms with Crippen LogP contribution in [0.3, 0.4) is 0 Å². The highest BCUT2D eigenvalue weighted by Crippen LogP contribution is 2.49. The number of carbonyl (C=O) groups is 1. The van der Waals surface area contributed by atoms with Crippen LogP contribution in [0.2, 0.25) is 0 Å². The standard InChI is InChI=1S/C17H13N3O3/c1-12(21)23-19-11-16-17(18-19)20(13-7-3-2-4-8-13)14-9-5-6-10-15(14)22-16/h2-11H,1H3. The van der Waals surface area contributed by atoms with Crippen LogP contribution in [0.15, 0.2) is 60.8 Å². The van der Waals surface area contributed by atoms with E-state index in [1.807, 2.05) is 59.5 Å². The zero-order chi connectivity index (χ0) is 15.8. The fourth-order valence-corrected chi connectivity index (χ4v) is 2.53. The fraction of sp³-hybridized carbons (Fsp3) is 0.0588. The van der Waals surface area contributed by atoms with Crippen molar-refractivity contribution in [2.75, 3.05) is 4.90 Å². The maximum Gasteiger partial charge on any atom is 0.331 e. The van der Waals surface area contributed by atoms with Crippen LogP contribution in [0.1, 0.15) is 6.92 Å². The van der Waals surface area contributed by atoms with Crippen LogP contribution >= 0.6 is 0 Å². The van der Waals surface area contributed by atoms with E-state index in [-0.39, 0.29) is 0 Å². The van der Waals surface area contributed by atoms with Gasteiger partial charge in [-0.1, -0.05) is 35.2 Å². The van der Waals surface area contributed by atoms with E-state index in [1.165, 1.54) is 6.92 Å². The molecule has 0 fully saturated rings. The molecule has 0 saturated carbocycles. The lowest BCUT2D eigenvalue weighted by molar-refractivity contribution is -0.143. The summed E-state index contributed by atoms with van der Waals surface area (Å²) >= 11 is 0. The molecule has 2 heterocycles. The molecule has 4 rings (SSSR count). The molecule has 0 bridgehead atoms. The Balaban J connectivity index is 1.88. The highest BCUT2D eigenvalue weighted by atomic mass is 16.7. The SMILES string of the molecule is CC(=O)On1cc2c(n1)N(c1ccccc1)c1ccccc1O2. The molecule has 0 aliphatic carbocycles. The van der Waals surface area contributed by atoms with Gasteiger partial charge in [-0.05, 0) is 24.3 Å². The second-order valence-corrected chi connectivity index (χ2v) is 5.04. The van der Waals surface area contributed by atoms with Crippen LogP contribution in [0.4, 0.5) is 17.2 Å². The first-order valence-electron chi connectivity index (χ1n) is 7.13. The van der Waals surface area contributed by atoms with Gasteiger partial charge in [-0.3, -0.25) is 4.90 Å². The molecule has 114 valence electrons. The van der Waals surface area contributed by atoms with E-state index in [4.69, 9.17) is 9.57 Å². The molecular weight excluding hydrogens is 294 g/mol. The number of nitrogens with zero attached hydrogens (tertiary/aromatic N) is 3. The van der Waals surface area contributed by atoms with Crippen molar-refractivity contribution in [3.05, 3.63) is 60.8 Å². The van der Waals surface area contributed by atoms with E-state index in [0.717, 1.165) is 16.2 Å². The van der Waals surface area contributed by atoms with E-state index in [9.17, 15) is 4.79 Å². The molecule has 23 heavy (non-hydrogen) atoms. The third-order valence-corrected chi connectivity index (χ3v) is 3.42. The number of para-hydroxylation sites is 3. The van der Waals surface area contributed by atoms with Gasteiger partial charge < -0.3 is 9.57 Å². The lowest BCUT2D eigenvalue weighted by atomic mass is 10.2. The number of aromatic nitrogens is 2. The number of anilines is 3. The van der Waals surface area contributed by atoms with Crippen molar-refractivity contribution in [3.8, 4) is 11.5 Å². The van der Waals surface area contributed by atoms with Gasteiger partial charge in [0.15, 0.2) is 11.5 Å². The highest BCUT2D eigenvalue weighted by Gasteiger charge is 2.29. The summed E-state index contributed by atoms with van der Waals surface area (Å²) in [6, 6.07) is 17.5. The largest absolute Gasteiger partial charge is 0.449 e. The van der Waals surface area contributed by atoms with E-state index in [1.54, 1.807) is 6.20 Å². The number of hydrogen-bond acceptors (Lipinski definition) is 5. The van der Waals surface area contributed by atoms with Crippen molar-refractivity contribution in [1.82, 2.24) is 9.94 Å². The second-order valence-electron chi connectivity index (χ2n) is 5.04. The van der Waals surface area contributed by atoms with Crippen molar-refractivity contribution in [2.24, 2.45) is 0 Å². The first-order chi connectivity index (χ1) is 11.2. The van der Waals surface area contributed by atoms with Gasteiger partial charge in [0, 0.05) is 12.6 Å². The molecule has 1 aliphatic rings. The number of rotatable bonds is 2. The Labute approximate surface area is 132 Å². The van der Waals surface area contributed by atoms with E-state index < -0.39 is 5.97 Å². The van der Waals surface area contributed by atoms with Gasteiger partial charge in [0.2, 0.25) is 5.82 Å². The molecule has 0 N–H and O–H groups in total. The number of benzene rings is 2. The van der Waals surface area contributed by atoms with Crippen molar-refractivity contribution in [1.29, 1.82) is 0 Å². The van der Waals surface area contributed by atoms with Crippen LogP contribution in [-0.2, 0) is 4.79 Å². The molecule has 1 aliphatic heterocycles. The smallest absolute Gasteiger partial charge is 0.331 e. The minimum atomic E-state index is -0.450. The van der Waals surface area contributed by atoms with Crippen molar-refractivity contribution < 1.29 is 14.4 Å². The number of carbonyl (C=O) groups excluding carboxylic acids is 1. The van der Waals surface area contributed by atoms with Crippen LogP contribution in [-0.4, -0.2) is 15.9 Å². The summed E-state index contributed by atoms with van der Waals surface area (Å²) < 4.78 is 5.88. The monoisotopic (exact) mass is 307 g/mol. The minimum absolute atomic E-state index is 0.450. The van der Waals surface area contributed by atoms with Gasteiger partial charge in [-0.15, -0.1) is 5.10 Å². The lowest BCUT2D eigenvalue weighted by Crippen LogP contribution is -2.18. The Hall–Kier alpha value is -3.28. The predicted molar refractivity (Wildman–Crippen MR) is 84.2 cm³/mol. The number of fused-ring (bicyclic) bond motifs is 2. The van der Waals surface area contributed by atoms with Gasteiger partial charge in [0.25, 0.3) is 0 Å². The molecule has 0 atom stereocenters. The second kappa shape index (κ2) is 5.17. The molecule has 0 unspecified atom stereocenters. The molecule has 0 radical (unpaired) electrons. The third kappa shape index (κ3) is 2.30. The number of ether oxygens (including phenoxy) is 1. The summed E-state index contributed by atoms with van der Waals surface area (Å²) in [5.41, 5.74) is 1.82. The van der Waals surface area contributed by atoms with Gasteiger partial charge in [-0.2, -0.15) is 0 Å². The summed E-state index contributed by atoms with van der Waals surface area (Å²) in [5.74, 6) is 1.35. The van der Waals surface area contributed by atoms with Crippen LogP contribution in [0.5, 0.6) is 11.5 Å². The Morgan fingerprint density at radius 1 is 1.04 bits per heavy atom. The summed E-state index contributed by atoms with van der Waals surface area (Å²) in [6.45, 7) is 1.32. The summed E-state index contributed by atoms with van der Waals surface area (Å²) in [5, 5.41) is 4.32. The Morgan fingerprint density at radius 3 is 2.57 bits per heavy atom. The molecule has 0 saturated heterocycles. The molecule has 6 heteroatoms. The summed E-state index contributed by atoms with van der Waals surface area (Å²) in [4.78, 5) is 19.3. The van der Waals surface area contributed by atoms with Crippen molar-refractivity contribution >= 4 is 23.2 Å². The van der Waals surface area contributed by atoms with Crippen molar-refractivity contribution in [3.63, 3.8) is 0 Å². The van der Waals surface area contributed by atoms with Gasteiger partial charge >= 0.3 is 5.97 Å². The first kappa shape index (κ1) is 13.4. The van der Waals surface area contributed by atoms with Gasteiger partial charge in [0.05, 0.1) is 5.69 Å². The van der Waals surface area contributed by atoms with Crippen LogP contribution in [0.25, 0.3) is 0 Å². The average Bonchev–Trinajstić information content (AvgIpc) is 2.94. The normalized spacial score (nSPS) is 12.1. The maximum absolute atomic E-state index is 11.2. The topological polar surface area (TPSA) is 56.6 Å². The van der Waals surface area contributed by atoms with Crippen LogP contribution in [0, 0.1) is 0 Å². The first-order valence-corrected chi connectivity index (χ1v) is 7.13. The zero-order valence-corrected chi connectivity index (χ0v) is 12.3. The Kier molecular flexibility index (Phi) is 3.01. The van der Waals surface area contributed by atoms with Crippen LogP contribution < -0.4 is 14.5 Å². The summed E-state index contributed by atoms with van der Waals surface area (Å²) in [6.07, 6.45) is 1.54.